The van der Waals surface area contributed by atoms with Gasteiger partial charge in [-0.3, -0.25) is 9.59 Å². The Kier molecular flexibility index (Phi) is 4.91. The molecule has 1 unspecified atom stereocenters. The third kappa shape index (κ3) is 4.41. The van der Waals surface area contributed by atoms with Gasteiger partial charge >= 0.3 is 5.97 Å². The van der Waals surface area contributed by atoms with Gasteiger partial charge in [-0.15, -0.1) is 0 Å². The normalized spacial score (nSPS) is 11.6. The number of ketones is 1. The zero-order valence-corrected chi connectivity index (χ0v) is 10.2. The Labute approximate surface area is 105 Å². The summed E-state index contributed by atoms with van der Waals surface area (Å²) < 4.78 is 4.94. The molecule has 0 radical (unpaired) electrons. The summed E-state index contributed by atoms with van der Waals surface area (Å²) >= 11 is 5.65. The van der Waals surface area contributed by atoms with Crippen molar-refractivity contribution in [2.75, 3.05) is 0 Å². The van der Waals surface area contributed by atoms with Crippen LogP contribution in [-0.2, 0) is 9.53 Å². The predicted molar refractivity (Wildman–Crippen MR) is 65.9 cm³/mol. The zero-order valence-electron chi connectivity index (χ0n) is 9.48. The quantitative estimate of drug-likeness (QED) is 0.598. The van der Waals surface area contributed by atoms with E-state index in [4.69, 9.17) is 16.3 Å². The van der Waals surface area contributed by atoms with Crippen molar-refractivity contribution < 1.29 is 14.3 Å². The first-order valence-corrected chi connectivity index (χ1v) is 5.48. The largest absolute Gasteiger partial charge is 0.454 e. The average Bonchev–Trinajstić information content (AvgIpc) is 2.27. The van der Waals surface area contributed by atoms with Crippen molar-refractivity contribution in [3.05, 3.63) is 47.5 Å². The first kappa shape index (κ1) is 13.5. The molecule has 1 aromatic carbocycles. The number of halogens is 1. The van der Waals surface area contributed by atoms with Gasteiger partial charge in [0, 0.05) is 23.9 Å². The van der Waals surface area contributed by atoms with Crippen molar-refractivity contribution in [1.29, 1.82) is 0 Å². The van der Waals surface area contributed by atoms with Crippen LogP contribution in [0.3, 0.4) is 0 Å². The molecule has 17 heavy (non-hydrogen) atoms. The number of Topliss-reactive ketones (excluding diaryl/α,β-unsaturated/α-hetero) is 1. The highest BCUT2D eigenvalue weighted by Gasteiger charge is 2.23. The van der Waals surface area contributed by atoms with Gasteiger partial charge in [0.1, 0.15) is 0 Å². The molecule has 3 nitrogen and oxygen atoms in total. The molecule has 0 aliphatic rings. The van der Waals surface area contributed by atoms with Crippen LogP contribution in [0.2, 0.25) is 0 Å². The highest BCUT2D eigenvalue weighted by atomic mass is 35.5. The summed E-state index contributed by atoms with van der Waals surface area (Å²) in [6.45, 7) is 4.75. The summed E-state index contributed by atoms with van der Waals surface area (Å²) in [6, 6.07) is 8.62. The van der Waals surface area contributed by atoms with E-state index in [1.165, 1.54) is 6.92 Å². The molecular weight excluding hydrogens is 240 g/mol. The molecule has 1 rings (SSSR count). The second-order valence-corrected chi connectivity index (χ2v) is 4.08. The molecule has 1 aromatic rings. The Morgan fingerprint density at radius 2 is 1.94 bits per heavy atom. The van der Waals surface area contributed by atoms with Crippen molar-refractivity contribution in [1.82, 2.24) is 0 Å². The maximum atomic E-state index is 12.0. The molecule has 0 fully saturated rings. The topological polar surface area (TPSA) is 43.4 Å². The monoisotopic (exact) mass is 252 g/mol. The van der Waals surface area contributed by atoms with Gasteiger partial charge in [-0.25, -0.2) is 0 Å². The van der Waals surface area contributed by atoms with E-state index in [1.807, 2.05) is 0 Å². The third-order valence-electron chi connectivity index (χ3n) is 2.07. The van der Waals surface area contributed by atoms with Crippen LogP contribution in [0.5, 0.6) is 0 Å². The van der Waals surface area contributed by atoms with E-state index in [2.05, 4.69) is 6.58 Å². The van der Waals surface area contributed by atoms with Crippen molar-refractivity contribution in [3.63, 3.8) is 0 Å². The Hall–Kier alpha value is -1.61. The first-order chi connectivity index (χ1) is 8.00. The number of esters is 1. The molecule has 0 amide bonds. The summed E-state index contributed by atoms with van der Waals surface area (Å²) in [5.74, 6) is -0.792. The van der Waals surface area contributed by atoms with Crippen LogP contribution >= 0.6 is 11.6 Å². The molecular formula is C13H13ClO3. The lowest BCUT2D eigenvalue weighted by Crippen LogP contribution is -2.26. The van der Waals surface area contributed by atoms with E-state index in [0.717, 1.165) is 0 Å². The molecule has 0 aliphatic heterocycles. The maximum absolute atomic E-state index is 12.0. The molecule has 0 bridgehead atoms. The van der Waals surface area contributed by atoms with Crippen LogP contribution in [0.4, 0.5) is 0 Å². The summed E-state index contributed by atoms with van der Waals surface area (Å²) in [6.07, 6.45) is -0.783. The molecule has 90 valence electrons. The number of hydrogen-bond donors (Lipinski definition) is 0. The van der Waals surface area contributed by atoms with Gasteiger partial charge in [-0.2, -0.15) is 0 Å². The Morgan fingerprint density at radius 1 is 1.35 bits per heavy atom. The zero-order chi connectivity index (χ0) is 12.8. The van der Waals surface area contributed by atoms with Gasteiger partial charge in [-0.1, -0.05) is 48.5 Å². The molecule has 0 aliphatic carbocycles. The standard InChI is InChI=1S/C13H13ClO3/c1-9(14)8-12(17-10(2)15)13(16)11-6-4-3-5-7-11/h3-7,12H,1,8H2,2H3. The number of benzene rings is 1. The number of carbonyl (C=O) groups excluding carboxylic acids is 2. The highest BCUT2D eigenvalue weighted by molar-refractivity contribution is 6.29. The molecule has 0 saturated carbocycles. The van der Waals surface area contributed by atoms with Crippen molar-refractivity contribution in [3.8, 4) is 0 Å². The van der Waals surface area contributed by atoms with Gasteiger partial charge in [0.2, 0.25) is 5.78 Å². The molecule has 0 saturated heterocycles. The van der Waals surface area contributed by atoms with E-state index in [1.54, 1.807) is 30.3 Å². The molecule has 4 heteroatoms. The number of hydrogen-bond acceptors (Lipinski definition) is 3. The van der Waals surface area contributed by atoms with E-state index < -0.39 is 12.1 Å². The van der Waals surface area contributed by atoms with E-state index in [0.29, 0.717) is 5.56 Å². The Balaban J connectivity index is 2.86. The SMILES string of the molecule is C=C(Cl)CC(OC(C)=O)C(=O)c1ccccc1. The van der Waals surface area contributed by atoms with Crippen molar-refractivity contribution in [2.45, 2.75) is 19.4 Å². The fraction of sp³-hybridized carbons (Fsp3) is 0.231. The fourth-order valence-corrected chi connectivity index (χ4v) is 1.52. The predicted octanol–water partition coefficient (Wildman–Crippen LogP) is 2.94. The minimum atomic E-state index is -0.903. The van der Waals surface area contributed by atoms with Crippen molar-refractivity contribution in [2.24, 2.45) is 0 Å². The average molecular weight is 253 g/mol. The molecule has 1 atom stereocenters. The number of carbonyl (C=O) groups is 2. The van der Waals surface area contributed by atoms with E-state index in [-0.39, 0.29) is 17.2 Å². The van der Waals surface area contributed by atoms with E-state index >= 15 is 0 Å². The van der Waals surface area contributed by atoms with Crippen LogP contribution in [-0.4, -0.2) is 17.9 Å². The lowest BCUT2D eigenvalue weighted by atomic mass is 10.0. The molecule has 0 aromatic heterocycles. The van der Waals surface area contributed by atoms with Gasteiger partial charge in [0.15, 0.2) is 6.10 Å². The van der Waals surface area contributed by atoms with Crippen LogP contribution in [0, 0.1) is 0 Å². The number of ether oxygens (including phenoxy) is 1. The Morgan fingerprint density at radius 3 is 2.41 bits per heavy atom. The van der Waals surface area contributed by atoms with Crippen LogP contribution in [0.1, 0.15) is 23.7 Å². The van der Waals surface area contributed by atoms with Crippen LogP contribution in [0.25, 0.3) is 0 Å². The van der Waals surface area contributed by atoms with Gasteiger partial charge in [0.05, 0.1) is 0 Å². The van der Waals surface area contributed by atoms with Gasteiger partial charge in [-0.05, 0) is 0 Å². The summed E-state index contributed by atoms with van der Waals surface area (Å²) in [5.41, 5.74) is 0.483. The fourth-order valence-electron chi connectivity index (χ4n) is 1.38. The van der Waals surface area contributed by atoms with E-state index in [9.17, 15) is 9.59 Å². The molecule has 0 N–H and O–H groups in total. The lowest BCUT2D eigenvalue weighted by molar-refractivity contribution is -0.144. The molecule has 0 spiro atoms. The summed E-state index contributed by atoms with van der Waals surface area (Å²) in [7, 11) is 0. The minimum Gasteiger partial charge on any atom is -0.454 e. The Bertz CT molecular complexity index is 410. The van der Waals surface area contributed by atoms with Crippen molar-refractivity contribution >= 4 is 23.4 Å². The summed E-state index contributed by atoms with van der Waals surface area (Å²) in [4.78, 5) is 23.0. The highest BCUT2D eigenvalue weighted by Crippen LogP contribution is 2.15. The second kappa shape index (κ2) is 6.21. The molecule has 0 heterocycles. The number of rotatable bonds is 5. The maximum Gasteiger partial charge on any atom is 0.303 e. The van der Waals surface area contributed by atoms with Gasteiger partial charge < -0.3 is 4.74 Å². The smallest absolute Gasteiger partial charge is 0.303 e. The first-order valence-electron chi connectivity index (χ1n) is 5.10. The van der Waals surface area contributed by atoms with Gasteiger partial charge in [0.25, 0.3) is 0 Å². The third-order valence-corrected chi connectivity index (χ3v) is 2.22. The van der Waals surface area contributed by atoms with Crippen LogP contribution < -0.4 is 0 Å². The minimum absolute atomic E-state index is 0.120. The second-order valence-electron chi connectivity index (χ2n) is 3.55. The lowest BCUT2D eigenvalue weighted by Gasteiger charge is -2.15. The van der Waals surface area contributed by atoms with Crippen LogP contribution in [0.15, 0.2) is 41.9 Å². The summed E-state index contributed by atoms with van der Waals surface area (Å²) in [5, 5.41) is 0.278.